The van der Waals surface area contributed by atoms with Crippen molar-refractivity contribution in [3.8, 4) is 11.1 Å². The summed E-state index contributed by atoms with van der Waals surface area (Å²) in [7, 11) is 0. The Hall–Kier alpha value is -2.56. The van der Waals surface area contributed by atoms with Gasteiger partial charge in [-0.2, -0.15) is 0 Å². The van der Waals surface area contributed by atoms with Gasteiger partial charge in [0.15, 0.2) is 11.6 Å². The van der Waals surface area contributed by atoms with Crippen molar-refractivity contribution in [1.29, 1.82) is 0 Å². The number of ketones is 2. The van der Waals surface area contributed by atoms with E-state index in [1.807, 2.05) is 30.3 Å². The van der Waals surface area contributed by atoms with Crippen molar-refractivity contribution >= 4 is 41.5 Å². The Balaban J connectivity index is 1.97. The van der Waals surface area contributed by atoms with E-state index in [1.54, 1.807) is 24.3 Å². The number of thiol groups is 1. The van der Waals surface area contributed by atoms with Crippen LogP contribution in [0.15, 0.2) is 59.5 Å². The van der Waals surface area contributed by atoms with E-state index < -0.39 is 0 Å². The molecular weight excluding hydrogens is 354 g/mol. The molecular formula is C20H12ClNO2S. The number of nitrogens with two attached hydrogens (primary N) is 1. The maximum Gasteiger partial charge on any atom is 0.196 e. The molecule has 0 bridgehead atoms. The van der Waals surface area contributed by atoms with Crippen molar-refractivity contribution < 1.29 is 9.59 Å². The van der Waals surface area contributed by atoms with Gasteiger partial charge < -0.3 is 5.73 Å². The summed E-state index contributed by atoms with van der Waals surface area (Å²) in [5.74, 6) is -0.544. The Kier molecular flexibility index (Phi) is 3.67. The Labute approximate surface area is 154 Å². The number of hydrogen-bond acceptors (Lipinski definition) is 4. The van der Waals surface area contributed by atoms with Gasteiger partial charge in [0.05, 0.1) is 11.3 Å². The molecule has 122 valence electrons. The van der Waals surface area contributed by atoms with Crippen LogP contribution in [0, 0.1) is 0 Å². The first-order chi connectivity index (χ1) is 12.0. The second-order valence-electron chi connectivity index (χ2n) is 5.82. The van der Waals surface area contributed by atoms with E-state index in [-0.39, 0.29) is 28.4 Å². The predicted octanol–water partition coefficient (Wildman–Crippen LogP) is 4.65. The first kappa shape index (κ1) is 15.9. The molecule has 0 saturated carbocycles. The topological polar surface area (TPSA) is 60.2 Å². The van der Waals surface area contributed by atoms with Crippen LogP contribution in [0.5, 0.6) is 0 Å². The fraction of sp³-hybridized carbons (Fsp3) is 0. The zero-order valence-corrected chi connectivity index (χ0v) is 14.6. The van der Waals surface area contributed by atoms with Gasteiger partial charge in [0, 0.05) is 32.2 Å². The van der Waals surface area contributed by atoms with Gasteiger partial charge in [-0.3, -0.25) is 9.59 Å². The van der Waals surface area contributed by atoms with Crippen molar-refractivity contribution in [2.24, 2.45) is 0 Å². The van der Waals surface area contributed by atoms with Crippen molar-refractivity contribution in [3.63, 3.8) is 0 Å². The van der Waals surface area contributed by atoms with Gasteiger partial charge in [-0.15, -0.1) is 12.6 Å². The van der Waals surface area contributed by atoms with Crippen molar-refractivity contribution in [3.05, 3.63) is 81.9 Å². The Morgan fingerprint density at radius 1 is 0.800 bits per heavy atom. The van der Waals surface area contributed by atoms with Gasteiger partial charge in [-0.1, -0.05) is 41.9 Å². The van der Waals surface area contributed by atoms with Crippen LogP contribution in [-0.2, 0) is 0 Å². The summed E-state index contributed by atoms with van der Waals surface area (Å²) < 4.78 is 0. The third kappa shape index (κ3) is 2.37. The van der Waals surface area contributed by atoms with Crippen LogP contribution in [0.2, 0.25) is 5.02 Å². The average molecular weight is 366 g/mol. The largest absolute Gasteiger partial charge is 0.397 e. The lowest BCUT2D eigenvalue weighted by Gasteiger charge is -2.21. The first-order valence-corrected chi connectivity index (χ1v) is 8.41. The van der Waals surface area contributed by atoms with Crippen LogP contribution in [0.3, 0.4) is 0 Å². The van der Waals surface area contributed by atoms with Crippen LogP contribution in [0.1, 0.15) is 31.8 Å². The lowest BCUT2D eigenvalue weighted by molar-refractivity contribution is 0.0979. The SMILES string of the molecule is Nc1c(S)ccc2c1C(=O)c1cc(Cl)c(-c3ccccc3)cc1C2=O. The molecule has 3 aromatic carbocycles. The number of hydrogen-bond donors (Lipinski definition) is 2. The summed E-state index contributed by atoms with van der Waals surface area (Å²) in [6, 6.07) is 15.9. The number of benzene rings is 3. The van der Waals surface area contributed by atoms with Crippen LogP contribution in [0.4, 0.5) is 5.69 Å². The molecule has 3 aromatic rings. The summed E-state index contributed by atoms with van der Waals surface area (Å²) in [4.78, 5) is 26.3. The molecule has 0 spiro atoms. The molecule has 1 aliphatic carbocycles. The van der Waals surface area contributed by atoms with Crippen molar-refractivity contribution in [2.45, 2.75) is 4.90 Å². The molecule has 3 nitrogen and oxygen atoms in total. The summed E-state index contributed by atoms with van der Waals surface area (Å²) in [5.41, 5.74) is 8.91. The van der Waals surface area contributed by atoms with Gasteiger partial charge in [0.2, 0.25) is 0 Å². The minimum absolute atomic E-state index is 0.202. The minimum Gasteiger partial charge on any atom is -0.397 e. The van der Waals surface area contributed by atoms with Crippen LogP contribution in [0.25, 0.3) is 11.1 Å². The van der Waals surface area contributed by atoms with E-state index >= 15 is 0 Å². The minimum atomic E-state index is -0.306. The van der Waals surface area contributed by atoms with E-state index in [0.29, 0.717) is 26.6 Å². The number of carbonyl (C=O) groups is 2. The van der Waals surface area contributed by atoms with Gasteiger partial charge in [-0.25, -0.2) is 0 Å². The molecule has 0 atom stereocenters. The maximum absolute atomic E-state index is 12.9. The smallest absolute Gasteiger partial charge is 0.196 e. The van der Waals surface area contributed by atoms with E-state index in [9.17, 15) is 9.59 Å². The third-order valence-corrected chi connectivity index (χ3v) is 5.08. The molecule has 0 unspecified atom stereocenters. The van der Waals surface area contributed by atoms with Crippen molar-refractivity contribution in [2.75, 3.05) is 5.73 Å². The molecule has 0 aromatic heterocycles. The number of nitrogen functional groups attached to an aromatic ring is 1. The van der Waals surface area contributed by atoms with E-state index in [0.717, 1.165) is 5.56 Å². The lowest BCUT2D eigenvalue weighted by Crippen LogP contribution is -2.22. The predicted molar refractivity (Wildman–Crippen MR) is 102 cm³/mol. The molecule has 0 aliphatic heterocycles. The average Bonchev–Trinajstić information content (AvgIpc) is 2.62. The molecule has 25 heavy (non-hydrogen) atoms. The molecule has 0 radical (unpaired) electrons. The van der Waals surface area contributed by atoms with E-state index in [4.69, 9.17) is 17.3 Å². The molecule has 0 amide bonds. The van der Waals surface area contributed by atoms with E-state index in [2.05, 4.69) is 12.6 Å². The van der Waals surface area contributed by atoms with Gasteiger partial charge >= 0.3 is 0 Å². The van der Waals surface area contributed by atoms with Crippen molar-refractivity contribution in [1.82, 2.24) is 0 Å². The monoisotopic (exact) mass is 365 g/mol. The molecule has 5 heteroatoms. The zero-order chi connectivity index (χ0) is 17.7. The summed E-state index contributed by atoms with van der Waals surface area (Å²) >= 11 is 10.6. The molecule has 0 fully saturated rings. The van der Waals surface area contributed by atoms with Gasteiger partial charge in [-0.05, 0) is 29.8 Å². The quantitative estimate of drug-likeness (QED) is 0.381. The van der Waals surface area contributed by atoms with Gasteiger partial charge in [0.25, 0.3) is 0 Å². The Morgan fingerprint density at radius 2 is 1.48 bits per heavy atom. The highest BCUT2D eigenvalue weighted by Gasteiger charge is 2.33. The third-order valence-electron chi connectivity index (χ3n) is 4.38. The lowest BCUT2D eigenvalue weighted by atomic mass is 9.82. The summed E-state index contributed by atoms with van der Waals surface area (Å²) in [6.07, 6.45) is 0. The molecule has 0 saturated heterocycles. The summed E-state index contributed by atoms with van der Waals surface area (Å²) in [5, 5.41) is 0.412. The summed E-state index contributed by atoms with van der Waals surface area (Å²) in [6.45, 7) is 0. The highest BCUT2D eigenvalue weighted by molar-refractivity contribution is 7.80. The highest BCUT2D eigenvalue weighted by atomic mass is 35.5. The highest BCUT2D eigenvalue weighted by Crippen LogP contribution is 2.38. The van der Waals surface area contributed by atoms with Gasteiger partial charge in [0.1, 0.15) is 0 Å². The second-order valence-corrected chi connectivity index (χ2v) is 6.71. The number of anilines is 1. The molecule has 2 N–H and O–H groups in total. The Bertz CT molecular complexity index is 1060. The standard InChI is InChI=1S/C20H12ClNO2S/c21-15-9-14-13(8-12(15)10-4-2-1-3-5-10)19(23)11-6-7-16(25)18(22)17(11)20(14)24/h1-9,25H,22H2. The number of fused-ring (bicyclic) bond motifs is 2. The molecule has 1 aliphatic rings. The van der Waals surface area contributed by atoms with Crippen LogP contribution < -0.4 is 5.73 Å². The van der Waals surface area contributed by atoms with Crippen LogP contribution >= 0.6 is 24.2 Å². The normalized spacial score (nSPS) is 12.7. The molecule has 4 rings (SSSR count). The zero-order valence-electron chi connectivity index (χ0n) is 12.9. The maximum atomic E-state index is 12.9. The van der Waals surface area contributed by atoms with E-state index in [1.165, 1.54) is 0 Å². The number of carbonyl (C=O) groups excluding carboxylic acids is 2. The molecule has 0 heterocycles. The Morgan fingerprint density at radius 3 is 2.20 bits per heavy atom. The first-order valence-electron chi connectivity index (χ1n) is 7.59. The number of halogens is 1. The second kappa shape index (κ2) is 5.76. The fourth-order valence-electron chi connectivity index (χ4n) is 3.11. The van der Waals surface area contributed by atoms with Crippen LogP contribution in [-0.4, -0.2) is 11.6 Å². The fourth-order valence-corrected chi connectivity index (χ4v) is 3.57. The number of rotatable bonds is 1.